The zero-order valence-electron chi connectivity index (χ0n) is 18.3. The summed E-state index contributed by atoms with van der Waals surface area (Å²) in [5.74, 6) is 0. The van der Waals surface area contributed by atoms with Crippen molar-refractivity contribution in [3.05, 3.63) is 54.1 Å². The number of aryl methyl sites for hydroxylation is 1. The lowest BCUT2D eigenvalue weighted by atomic mass is 10.2. The Hall–Kier alpha value is 0.177. The molecule has 0 aliphatic rings. The van der Waals surface area contributed by atoms with Gasteiger partial charge in [0, 0.05) is 30.8 Å². The van der Waals surface area contributed by atoms with Crippen LogP contribution in [0.4, 0.5) is 0 Å². The van der Waals surface area contributed by atoms with Crippen LogP contribution in [0, 0.1) is 0 Å². The maximum atomic E-state index is 6.02. The molecule has 2 aromatic carbocycles. The molecule has 4 nitrogen and oxygen atoms in total. The molecule has 0 radical (unpaired) electrons. The van der Waals surface area contributed by atoms with Crippen molar-refractivity contribution in [1.82, 2.24) is 4.98 Å². The number of rotatable bonds is 15. The number of hydrogen-bond donors (Lipinski definition) is 0. The Morgan fingerprint density at radius 3 is 2.19 bits per heavy atom. The molecule has 0 saturated heterocycles. The summed E-state index contributed by atoms with van der Waals surface area (Å²) in [6, 6.07) is 17.6. The van der Waals surface area contributed by atoms with Crippen LogP contribution >= 0.6 is 62.4 Å². The molecule has 0 aliphatic heterocycles. The Balaban J connectivity index is 1.49. The van der Waals surface area contributed by atoms with E-state index >= 15 is 0 Å². The first-order valence-corrected chi connectivity index (χ1v) is 19.3. The number of para-hydroxylation sites is 1. The topological polar surface area (TPSA) is 40.6 Å². The van der Waals surface area contributed by atoms with Crippen molar-refractivity contribution in [3.8, 4) is 0 Å². The number of fused-ring (bicyclic) bond motifs is 1. The van der Waals surface area contributed by atoms with Crippen molar-refractivity contribution in [2.24, 2.45) is 0 Å². The highest BCUT2D eigenvalue weighted by Gasteiger charge is 2.40. The van der Waals surface area contributed by atoms with Crippen LogP contribution in [0.5, 0.6) is 0 Å². The van der Waals surface area contributed by atoms with E-state index in [0.717, 1.165) is 22.3 Å². The summed E-state index contributed by atoms with van der Waals surface area (Å²) in [6.07, 6.45) is 0.883. The Labute approximate surface area is 214 Å². The molecule has 0 N–H and O–H groups in total. The quantitative estimate of drug-likeness (QED) is 0.103. The van der Waals surface area contributed by atoms with Gasteiger partial charge in [0.15, 0.2) is 4.34 Å². The van der Waals surface area contributed by atoms with Gasteiger partial charge in [0.1, 0.15) is 0 Å². The molecule has 3 rings (SSSR count). The fraction of sp³-hybridized carbons (Fsp3) is 0.381. The molecule has 0 aliphatic carbocycles. The molecule has 32 heavy (non-hydrogen) atoms. The van der Waals surface area contributed by atoms with Crippen LogP contribution in [0.3, 0.4) is 0 Å². The van der Waals surface area contributed by atoms with Gasteiger partial charge in [0.05, 0.1) is 10.2 Å². The van der Waals surface area contributed by atoms with E-state index in [1.807, 2.05) is 26.8 Å². The summed E-state index contributed by atoms with van der Waals surface area (Å²) in [7, 11) is 6.20. The Morgan fingerprint density at radius 1 is 0.812 bits per heavy atom. The number of hydrogen-bond acceptors (Lipinski definition) is 10. The van der Waals surface area contributed by atoms with Gasteiger partial charge in [-0.25, -0.2) is 4.98 Å². The van der Waals surface area contributed by atoms with Crippen molar-refractivity contribution < 1.29 is 13.3 Å². The molecule has 0 bridgehead atoms. The predicted octanol–water partition coefficient (Wildman–Crippen LogP) is 8.63. The van der Waals surface area contributed by atoms with Crippen LogP contribution in [0.15, 0.2) is 57.8 Å². The minimum Gasteiger partial charge on any atom is -0.374 e. The molecule has 11 heteroatoms. The fourth-order valence-corrected chi connectivity index (χ4v) is 15.6. The molecule has 1 aromatic heterocycles. The average Bonchev–Trinajstić information content (AvgIpc) is 3.22. The molecule has 0 fully saturated rings. The molecule has 0 amide bonds. The Bertz CT molecular complexity index is 910. The number of thiazole rings is 1. The molecule has 0 saturated carbocycles. The van der Waals surface area contributed by atoms with Gasteiger partial charge in [-0.3, -0.25) is 0 Å². The minimum absolute atomic E-state index is 0.610. The first-order valence-electron chi connectivity index (χ1n) is 10.4. The van der Waals surface area contributed by atoms with E-state index in [2.05, 4.69) is 47.4 Å². The summed E-state index contributed by atoms with van der Waals surface area (Å²) < 4.78 is 20.4. The molecular formula is C21H27NO3S6Si. The van der Waals surface area contributed by atoms with Crippen LogP contribution in [-0.4, -0.2) is 33.6 Å². The zero-order valence-corrected chi connectivity index (χ0v) is 24.2. The van der Waals surface area contributed by atoms with Crippen molar-refractivity contribution in [1.29, 1.82) is 0 Å². The highest BCUT2D eigenvalue weighted by Crippen LogP contribution is 2.54. The van der Waals surface area contributed by atoms with Crippen molar-refractivity contribution in [3.63, 3.8) is 0 Å². The maximum Gasteiger partial charge on any atom is 0.501 e. The van der Waals surface area contributed by atoms with Gasteiger partial charge in [-0.15, -0.1) is 11.3 Å². The lowest BCUT2D eigenvalue weighted by molar-refractivity contribution is 0.0714. The summed E-state index contributed by atoms with van der Waals surface area (Å²) in [6.45, 7) is 7.83. The molecular weight excluding hydrogens is 535 g/mol. The minimum atomic E-state index is -2.63. The second-order valence-electron chi connectivity index (χ2n) is 6.41. The van der Waals surface area contributed by atoms with Gasteiger partial charge in [-0.05, 0) is 102 Å². The predicted molar refractivity (Wildman–Crippen MR) is 150 cm³/mol. The second kappa shape index (κ2) is 14.5. The summed E-state index contributed by atoms with van der Waals surface area (Å²) in [4.78, 5) is 5.96. The Morgan fingerprint density at radius 2 is 1.47 bits per heavy atom. The summed E-state index contributed by atoms with van der Waals surface area (Å²) >= 11 is 1.74. The third kappa shape index (κ3) is 8.14. The number of aromatic nitrogens is 1. The van der Waals surface area contributed by atoms with E-state index in [-0.39, 0.29) is 0 Å². The first-order chi connectivity index (χ1) is 15.7. The van der Waals surface area contributed by atoms with Gasteiger partial charge >= 0.3 is 8.80 Å². The third-order valence-electron chi connectivity index (χ3n) is 4.32. The van der Waals surface area contributed by atoms with Crippen LogP contribution in [-0.2, 0) is 19.7 Å². The van der Waals surface area contributed by atoms with Crippen LogP contribution in [0.2, 0.25) is 6.04 Å². The Kier molecular flexibility index (Phi) is 12.2. The second-order valence-corrected chi connectivity index (χ2v) is 17.9. The van der Waals surface area contributed by atoms with Gasteiger partial charge in [-0.1, -0.05) is 30.3 Å². The maximum absolute atomic E-state index is 6.02. The highest BCUT2D eigenvalue weighted by atomic mass is 33.8. The average molecular weight is 562 g/mol. The fourth-order valence-electron chi connectivity index (χ4n) is 3.07. The van der Waals surface area contributed by atoms with E-state index in [1.54, 1.807) is 62.4 Å². The van der Waals surface area contributed by atoms with E-state index < -0.39 is 8.80 Å². The van der Waals surface area contributed by atoms with Crippen LogP contribution in [0.25, 0.3) is 10.2 Å². The lowest BCUT2D eigenvalue weighted by Crippen LogP contribution is -2.46. The first kappa shape index (κ1) is 26.8. The van der Waals surface area contributed by atoms with Crippen molar-refractivity contribution in [2.45, 2.75) is 42.5 Å². The lowest BCUT2D eigenvalue weighted by Gasteiger charge is -2.28. The zero-order chi connectivity index (χ0) is 22.7. The SMILES string of the molecule is CCO[Si](CCc1ccccc1SSSSSc1nc2ccccc2s1)(OCC)OCC. The van der Waals surface area contributed by atoms with Crippen LogP contribution in [0.1, 0.15) is 26.3 Å². The standard InChI is InChI=1S/C21H27NO3S6Si/c1-4-23-32(24-5-2,25-6-3)16-15-17-11-7-9-13-19(17)27-29-31-30-28-21-22-18-12-8-10-14-20(18)26-21/h7-14H,4-6,15-16H2,1-3H3. The van der Waals surface area contributed by atoms with Gasteiger partial charge in [-0.2, -0.15) is 0 Å². The van der Waals surface area contributed by atoms with E-state index in [9.17, 15) is 0 Å². The van der Waals surface area contributed by atoms with Gasteiger partial charge < -0.3 is 13.3 Å². The third-order valence-corrected chi connectivity index (χ3v) is 17.1. The molecule has 0 spiro atoms. The van der Waals surface area contributed by atoms with Gasteiger partial charge in [0.25, 0.3) is 0 Å². The summed E-state index contributed by atoms with van der Waals surface area (Å²) in [5, 5.41) is 0. The molecule has 0 atom stereocenters. The number of nitrogens with zero attached hydrogens (tertiary/aromatic N) is 1. The van der Waals surface area contributed by atoms with Crippen LogP contribution < -0.4 is 0 Å². The monoisotopic (exact) mass is 561 g/mol. The molecule has 0 unspecified atom stereocenters. The smallest absolute Gasteiger partial charge is 0.374 e. The van der Waals surface area contributed by atoms with E-state index in [1.165, 1.54) is 15.2 Å². The van der Waals surface area contributed by atoms with Crippen molar-refractivity contribution in [2.75, 3.05) is 19.8 Å². The normalized spacial score (nSPS) is 12.0. The number of benzene rings is 2. The molecule has 174 valence electrons. The van der Waals surface area contributed by atoms with E-state index in [0.29, 0.717) is 19.8 Å². The highest BCUT2D eigenvalue weighted by molar-refractivity contribution is 9.35. The summed E-state index contributed by atoms with van der Waals surface area (Å²) in [5.41, 5.74) is 2.39. The molecule has 3 aromatic rings. The van der Waals surface area contributed by atoms with Gasteiger partial charge in [0.2, 0.25) is 0 Å². The van der Waals surface area contributed by atoms with Crippen molar-refractivity contribution >= 4 is 81.4 Å². The van der Waals surface area contributed by atoms with E-state index in [4.69, 9.17) is 13.3 Å². The molecule has 1 heterocycles. The largest absolute Gasteiger partial charge is 0.501 e.